The maximum atomic E-state index is 11.8. The maximum Gasteiger partial charge on any atom is 0.303 e. The molecule has 3 atom stereocenters. The summed E-state index contributed by atoms with van der Waals surface area (Å²) in [6.45, 7) is 2.43. The van der Waals surface area contributed by atoms with E-state index in [-0.39, 0.29) is 12.3 Å². The van der Waals surface area contributed by atoms with Gasteiger partial charge in [0.1, 0.15) is 5.75 Å². The lowest BCUT2D eigenvalue weighted by Crippen LogP contribution is -2.48. The van der Waals surface area contributed by atoms with Crippen LogP contribution in [-0.2, 0) is 4.79 Å². The Balaban J connectivity index is 1.61. The van der Waals surface area contributed by atoms with Crippen LogP contribution in [0.4, 0.5) is 0 Å². The highest BCUT2D eigenvalue weighted by molar-refractivity contribution is 5.67. The average molecular weight is 456 g/mol. The normalized spacial score (nSPS) is 27.5. The molecule has 184 valence electrons. The van der Waals surface area contributed by atoms with E-state index in [1.54, 1.807) is 7.11 Å². The van der Waals surface area contributed by atoms with Crippen molar-refractivity contribution in [3.8, 4) is 5.75 Å². The molecule has 33 heavy (non-hydrogen) atoms. The number of carboxylic acids is 1. The SMILES string of the molecule is COc1ccc(C2C(CC(=O)O)CCCC2N(CC2CCCCC2)CC2CCCCC2)cc1. The lowest BCUT2D eigenvalue weighted by atomic mass is 9.70. The average Bonchev–Trinajstić information content (AvgIpc) is 2.84. The number of nitrogens with zero attached hydrogens (tertiary/aromatic N) is 1. The highest BCUT2D eigenvalue weighted by Crippen LogP contribution is 2.44. The first-order valence-corrected chi connectivity index (χ1v) is 13.7. The van der Waals surface area contributed by atoms with Crippen LogP contribution in [0.1, 0.15) is 101 Å². The highest BCUT2D eigenvalue weighted by Gasteiger charge is 2.39. The molecule has 0 aliphatic heterocycles. The summed E-state index contributed by atoms with van der Waals surface area (Å²) in [5.41, 5.74) is 1.31. The topological polar surface area (TPSA) is 49.8 Å². The van der Waals surface area contributed by atoms with E-state index >= 15 is 0 Å². The van der Waals surface area contributed by atoms with Gasteiger partial charge >= 0.3 is 5.97 Å². The number of rotatable bonds is 9. The van der Waals surface area contributed by atoms with E-state index in [1.807, 2.05) is 0 Å². The van der Waals surface area contributed by atoms with Crippen molar-refractivity contribution in [3.05, 3.63) is 29.8 Å². The Hall–Kier alpha value is -1.55. The van der Waals surface area contributed by atoms with Gasteiger partial charge < -0.3 is 9.84 Å². The molecule has 0 aromatic heterocycles. The summed E-state index contributed by atoms with van der Waals surface area (Å²) < 4.78 is 5.42. The Labute approximate surface area is 201 Å². The summed E-state index contributed by atoms with van der Waals surface area (Å²) in [5.74, 6) is 2.38. The largest absolute Gasteiger partial charge is 0.497 e. The molecular weight excluding hydrogens is 410 g/mol. The summed E-state index contributed by atoms with van der Waals surface area (Å²) in [4.78, 5) is 14.7. The monoisotopic (exact) mass is 455 g/mol. The second-order valence-electron chi connectivity index (χ2n) is 11.1. The molecule has 0 radical (unpaired) electrons. The summed E-state index contributed by atoms with van der Waals surface area (Å²) in [5, 5.41) is 9.73. The van der Waals surface area contributed by atoms with Gasteiger partial charge in [-0.25, -0.2) is 0 Å². The Kier molecular flexibility index (Phi) is 9.11. The van der Waals surface area contributed by atoms with Gasteiger partial charge in [0, 0.05) is 31.5 Å². The van der Waals surface area contributed by atoms with E-state index in [1.165, 1.54) is 89.3 Å². The molecule has 3 aliphatic rings. The van der Waals surface area contributed by atoms with Gasteiger partial charge in [-0.05, 0) is 74.0 Å². The number of ether oxygens (including phenoxy) is 1. The fourth-order valence-corrected chi connectivity index (χ4v) is 7.19. The fourth-order valence-electron chi connectivity index (χ4n) is 7.19. The zero-order valence-corrected chi connectivity index (χ0v) is 20.7. The van der Waals surface area contributed by atoms with Crippen LogP contribution in [0.3, 0.4) is 0 Å². The molecule has 1 aromatic rings. The van der Waals surface area contributed by atoms with Crippen LogP contribution in [0.2, 0.25) is 0 Å². The van der Waals surface area contributed by atoms with Gasteiger partial charge in [-0.1, -0.05) is 57.1 Å². The van der Waals surface area contributed by atoms with Crippen LogP contribution in [0.5, 0.6) is 5.75 Å². The second kappa shape index (κ2) is 12.2. The third kappa shape index (κ3) is 6.74. The van der Waals surface area contributed by atoms with Crippen LogP contribution in [0.25, 0.3) is 0 Å². The summed E-state index contributed by atoms with van der Waals surface area (Å²) in [6, 6.07) is 8.99. The van der Waals surface area contributed by atoms with Gasteiger partial charge in [0.25, 0.3) is 0 Å². The number of methoxy groups -OCH3 is 1. The minimum atomic E-state index is -0.648. The zero-order chi connectivity index (χ0) is 23.0. The molecule has 0 heterocycles. The summed E-state index contributed by atoms with van der Waals surface area (Å²) >= 11 is 0. The van der Waals surface area contributed by atoms with Crippen LogP contribution >= 0.6 is 0 Å². The number of benzene rings is 1. The maximum absolute atomic E-state index is 11.8. The Morgan fingerprint density at radius 3 is 1.94 bits per heavy atom. The smallest absolute Gasteiger partial charge is 0.303 e. The molecule has 0 amide bonds. The van der Waals surface area contributed by atoms with Crippen molar-refractivity contribution >= 4 is 5.97 Å². The predicted molar refractivity (Wildman–Crippen MR) is 134 cm³/mol. The summed E-state index contributed by atoms with van der Waals surface area (Å²) in [7, 11) is 1.71. The predicted octanol–water partition coefficient (Wildman–Crippen LogP) is 6.88. The number of aliphatic carboxylic acids is 1. The Morgan fingerprint density at radius 2 is 1.42 bits per heavy atom. The molecule has 0 bridgehead atoms. The quantitative estimate of drug-likeness (QED) is 0.441. The number of carboxylic acid groups (broad SMARTS) is 1. The van der Waals surface area contributed by atoms with E-state index < -0.39 is 5.97 Å². The molecule has 3 aliphatic carbocycles. The number of hydrogen-bond donors (Lipinski definition) is 1. The minimum absolute atomic E-state index is 0.217. The van der Waals surface area contributed by atoms with Crippen molar-refractivity contribution in [3.63, 3.8) is 0 Å². The minimum Gasteiger partial charge on any atom is -0.497 e. The standard InChI is InChI=1S/C29H45NO3/c1-33-26-17-15-24(16-18-26)29-25(19-28(31)32)13-8-14-27(29)30(20-22-9-4-2-5-10-22)21-23-11-6-3-7-12-23/h15-18,22-23,25,27,29H,2-14,19-21H2,1H3,(H,31,32). The van der Waals surface area contributed by atoms with Crippen molar-refractivity contribution in [1.82, 2.24) is 4.90 Å². The van der Waals surface area contributed by atoms with Crippen LogP contribution < -0.4 is 4.74 Å². The van der Waals surface area contributed by atoms with Gasteiger partial charge in [-0.2, -0.15) is 0 Å². The van der Waals surface area contributed by atoms with Crippen molar-refractivity contribution in [2.24, 2.45) is 17.8 Å². The van der Waals surface area contributed by atoms with Crippen molar-refractivity contribution < 1.29 is 14.6 Å². The van der Waals surface area contributed by atoms with E-state index in [4.69, 9.17) is 4.74 Å². The first-order chi connectivity index (χ1) is 16.1. The van der Waals surface area contributed by atoms with Gasteiger partial charge in [-0.15, -0.1) is 0 Å². The molecule has 3 saturated carbocycles. The molecular formula is C29H45NO3. The third-order valence-corrected chi connectivity index (χ3v) is 8.84. The second-order valence-corrected chi connectivity index (χ2v) is 11.1. The molecule has 1 aromatic carbocycles. The van der Waals surface area contributed by atoms with Crippen molar-refractivity contribution in [1.29, 1.82) is 0 Å². The molecule has 1 N–H and O–H groups in total. The Morgan fingerprint density at radius 1 is 0.848 bits per heavy atom. The lowest BCUT2D eigenvalue weighted by molar-refractivity contribution is -0.138. The van der Waals surface area contributed by atoms with Gasteiger partial charge in [0.15, 0.2) is 0 Å². The fraction of sp³-hybridized carbons (Fsp3) is 0.759. The van der Waals surface area contributed by atoms with E-state index in [2.05, 4.69) is 29.2 Å². The van der Waals surface area contributed by atoms with E-state index in [0.717, 1.165) is 30.4 Å². The van der Waals surface area contributed by atoms with Gasteiger partial charge in [0.05, 0.1) is 7.11 Å². The van der Waals surface area contributed by atoms with Crippen LogP contribution in [-0.4, -0.2) is 42.2 Å². The first kappa shape index (κ1) is 24.6. The molecule has 0 spiro atoms. The number of hydrogen-bond acceptors (Lipinski definition) is 3. The van der Waals surface area contributed by atoms with Crippen LogP contribution in [0, 0.1) is 17.8 Å². The third-order valence-electron chi connectivity index (χ3n) is 8.84. The summed E-state index contributed by atoms with van der Waals surface area (Å²) in [6.07, 6.45) is 17.5. The number of carbonyl (C=O) groups is 1. The van der Waals surface area contributed by atoms with Crippen molar-refractivity contribution in [2.75, 3.05) is 20.2 Å². The molecule has 3 fully saturated rings. The first-order valence-electron chi connectivity index (χ1n) is 13.7. The molecule has 4 heteroatoms. The molecule has 3 unspecified atom stereocenters. The van der Waals surface area contributed by atoms with Gasteiger partial charge in [-0.3, -0.25) is 9.69 Å². The Bertz CT molecular complexity index is 701. The highest BCUT2D eigenvalue weighted by atomic mass is 16.5. The zero-order valence-electron chi connectivity index (χ0n) is 20.7. The molecule has 4 nitrogen and oxygen atoms in total. The van der Waals surface area contributed by atoms with Crippen LogP contribution in [0.15, 0.2) is 24.3 Å². The van der Waals surface area contributed by atoms with E-state index in [0.29, 0.717) is 12.0 Å². The lowest BCUT2D eigenvalue weighted by Gasteiger charge is -2.47. The van der Waals surface area contributed by atoms with Gasteiger partial charge in [0.2, 0.25) is 0 Å². The molecule has 0 saturated heterocycles. The van der Waals surface area contributed by atoms with E-state index in [9.17, 15) is 9.90 Å². The van der Waals surface area contributed by atoms with Crippen molar-refractivity contribution in [2.45, 2.75) is 102 Å². The molecule has 4 rings (SSSR count).